The lowest BCUT2D eigenvalue weighted by molar-refractivity contribution is -0.106. The van der Waals surface area contributed by atoms with Crippen molar-refractivity contribution in [3.05, 3.63) is 78.6 Å². The second kappa shape index (κ2) is 8.62. The maximum absolute atomic E-state index is 12.8. The molecular weight excluding hydrogens is 421 g/mol. The number of aromatic hydroxyl groups is 1. The molecule has 3 aromatic rings. The van der Waals surface area contributed by atoms with Crippen LogP contribution in [-0.4, -0.2) is 30.4 Å². The number of para-hydroxylation sites is 2. The van der Waals surface area contributed by atoms with Crippen LogP contribution in [0.5, 0.6) is 17.2 Å². The quantitative estimate of drug-likeness (QED) is 0.589. The zero-order valence-corrected chi connectivity index (χ0v) is 16.3. The minimum absolute atomic E-state index is 0.0349. The van der Waals surface area contributed by atoms with Gasteiger partial charge in [-0.05, 0) is 48.0 Å². The van der Waals surface area contributed by atoms with E-state index in [0.29, 0.717) is 9.87 Å². The normalized spacial score (nSPS) is 11.8. The van der Waals surface area contributed by atoms with Gasteiger partial charge in [-0.2, -0.15) is 13.2 Å². The molecule has 0 saturated heterocycles. The van der Waals surface area contributed by atoms with Crippen molar-refractivity contribution in [1.29, 1.82) is 0 Å². The Balaban J connectivity index is 1.90. The van der Waals surface area contributed by atoms with Gasteiger partial charge >= 0.3 is 6.18 Å². The topological polar surface area (TPSA) is 79.7 Å². The predicted molar refractivity (Wildman–Crippen MR) is 105 cm³/mol. The first-order chi connectivity index (χ1) is 14.1. The van der Waals surface area contributed by atoms with Crippen molar-refractivity contribution in [2.45, 2.75) is 12.7 Å². The Morgan fingerprint density at radius 2 is 1.70 bits per heavy atom. The summed E-state index contributed by atoms with van der Waals surface area (Å²) in [4.78, 5) is 3.87. The smallest absolute Gasteiger partial charge is 0.404 e. The third kappa shape index (κ3) is 5.63. The number of phenols is 1. The van der Waals surface area contributed by atoms with E-state index in [2.05, 4.69) is 4.98 Å². The molecule has 0 atom stereocenters. The molecule has 2 aromatic carbocycles. The molecule has 0 fully saturated rings. The molecule has 0 spiro atoms. The van der Waals surface area contributed by atoms with Crippen LogP contribution < -0.4 is 9.04 Å². The SMILES string of the molecule is O=S(=O)(CC(F)(F)F)N(Cc1cccnc1)c1ccc(Oc2ccccc2O)cc1. The van der Waals surface area contributed by atoms with E-state index in [0.717, 1.165) is 0 Å². The summed E-state index contributed by atoms with van der Waals surface area (Å²) in [7, 11) is -4.71. The van der Waals surface area contributed by atoms with Crippen LogP contribution in [0.1, 0.15) is 5.56 Å². The van der Waals surface area contributed by atoms with Crippen LogP contribution in [0, 0.1) is 0 Å². The number of phenolic OH excluding ortho intramolecular Hbond substituents is 1. The predicted octanol–water partition coefficient (Wildman–Crippen LogP) is 4.48. The summed E-state index contributed by atoms with van der Waals surface area (Å²) in [5, 5.41) is 9.77. The lowest BCUT2D eigenvalue weighted by Crippen LogP contribution is -2.37. The molecule has 1 aromatic heterocycles. The average Bonchev–Trinajstić information content (AvgIpc) is 2.68. The van der Waals surface area contributed by atoms with Crippen molar-refractivity contribution in [2.75, 3.05) is 10.1 Å². The Bertz CT molecular complexity index is 1090. The number of sulfonamides is 1. The molecule has 0 amide bonds. The molecule has 0 bridgehead atoms. The number of pyridine rings is 1. The van der Waals surface area contributed by atoms with E-state index in [1.807, 2.05) is 0 Å². The first-order valence-corrected chi connectivity index (χ1v) is 10.3. The molecule has 0 aliphatic heterocycles. The number of hydrogen-bond donors (Lipinski definition) is 1. The number of benzene rings is 2. The van der Waals surface area contributed by atoms with Crippen molar-refractivity contribution in [2.24, 2.45) is 0 Å². The number of nitrogens with zero attached hydrogens (tertiary/aromatic N) is 2. The highest BCUT2D eigenvalue weighted by molar-refractivity contribution is 7.92. The Morgan fingerprint density at radius 3 is 2.30 bits per heavy atom. The summed E-state index contributed by atoms with van der Waals surface area (Å²) < 4.78 is 69.7. The summed E-state index contributed by atoms with van der Waals surface area (Å²) in [5.74, 6) is -1.62. The summed E-state index contributed by atoms with van der Waals surface area (Å²) in [6.45, 7) is -0.314. The second-order valence-electron chi connectivity index (χ2n) is 6.30. The summed E-state index contributed by atoms with van der Waals surface area (Å²) in [6, 6.07) is 14.8. The van der Waals surface area contributed by atoms with E-state index in [1.165, 1.54) is 48.8 Å². The molecule has 0 unspecified atom stereocenters. The van der Waals surface area contributed by atoms with Crippen LogP contribution in [0.25, 0.3) is 0 Å². The monoisotopic (exact) mass is 438 g/mol. The first-order valence-electron chi connectivity index (χ1n) is 8.66. The molecule has 0 radical (unpaired) electrons. The van der Waals surface area contributed by atoms with Crippen LogP contribution in [0.2, 0.25) is 0 Å². The minimum Gasteiger partial charge on any atom is -0.504 e. The highest BCUT2D eigenvalue weighted by atomic mass is 32.2. The standard InChI is InChI=1S/C20H17F3N2O4S/c21-20(22,23)14-30(27,28)25(13-15-4-3-11-24-12-15)16-7-9-17(10-8-16)29-19-6-2-1-5-18(19)26/h1-12,26H,13-14H2. The van der Waals surface area contributed by atoms with E-state index in [1.54, 1.807) is 24.3 Å². The fourth-order valence-corrected chi connectivity index (χ4v) is 4.00. The maximum atomic E-state index is 12.8. The largest absolute Gasteiger partial charge is 0.504 e. The van der Waals surface area contributed by atoms with E-state index in [9.17, 15) is 26.7 Å². The number of rotatable bonds is 7. The van der Waals surface area contributed by atoms with Gasteiger partial charge in [0.15, 0.2) is 17.3 Å². The molecule has 30 heavy (non-hydrogen) atoms. The molecular formula is C20H17F3N2O4S. The highest BCUT2D eigenvalue weighted by Gasteiger charge is 2.38. The summed E-state index contributed by atoms with van der Waals surface area (Å²) in [6.07, 6.45) is -2.03. The van der Waals surface area contributed by atoms with Crippen molar-refractivity contribution in [1.82, 2.24) is 4.98 Å². The molecule has 0 aliphatic carbocycles. The average molecular weight is 438 g/mol. The molecule has 10 heteroatoms. The summed E-state index contributed by atoms with van der Waals surface area (Å²) in [5.41, 5.74) is 0.463. The number of ether oxygens (including phenoxy) is 1. The lowest BCUT2D eigenvalue weighted by atomic mass is 10.2. The molecule has 0 aliphatic rings. The molecule has 1 heterocycles. The van der Waals surface area contributed by atoms with Crippen molar-refractivity contribution in [3.8, 4) is 17.2 Å². The Hall–Kier alpha value is -3.27. The van der Waals surface area contributed by atoms with Gasteiger partial charge in [0.25, 0.3) is 0 Å². The Morgan fingerprint density at radius 1 is 1.00 bits per heavy atom. The molecule has 1 N–H and O–H groups in total. The minimum atomic E-state index is -4.89. The van der Waals surface area contributed by atoms with Crippen LogP contribution in [0.15, 0.2) is 73.1 Å². The van der Waals surface area contributed by atoms with Gasteiger partial charge in [0.2, 0.25) is 10.0 Å². The summed E-state index contributed by atoms with van der Waals surface area (Å²) >= 11 is 0. The fourth-order valence-electron chi connectivity index (χ4n) is 2.64. The number of aromatic nitrogens is 1. The third-order valence-corrected chi connectivity index (χ3v) is 5.65. The van der Waals surface area contributed by atoms with Gasteiger partial charge in [0, 0.05) is 12.4 Å². The van der Waals surface area contributed by atoms with Gasteiger partial charge in [-0.3, -0.25) is 9.29 Å². The van der Waals surface area contributed by atoms with E-state index >= 15 is 0 Å². The van der Waals surface area contributed by atoms with Crippen LogP contribution >= 0.6 is 0 Å². The van der Waals surface area contributed by atoms with Crippen molar-refractivity contribution in [3.63, 3.8) is 0 Å². The van der Waals surface area contributed by atoms with E-state index in [4.69, 9.17) is 4.74 Å². The van der Waals surface area contributed by atoms with E-state index < -0.39 is 22.0 Å². The van der Waals surface area contributed by atoms with Crippen LogP contribution in [0.3, 0.4) is 0 Å². The van der Waals surface area contributed by atoms with Crippen molar-refractivity contribution >= 4 is 15.7 Å². The molecule has 3 rings (SSSR count). The first kappa shape index (κ1) is 21.4. The Kier molecular flexibility index (Phi) is 6.16. The van der Waals surface area contributed by atoms with Gasteiger partial charge < -0.3 is 9.84 Å². The fraction of sp³-hybridized carbons (Fsp3) is 0.150. The number of hydrogen-bond acceptors (Lipinski definition) is 5. The number of alkyl halides is 3. The van der Waals surface area contributed by atoms with Crippen molar-refractivity contribution < 1.29 is 31.4 Å². The van der Waals surface area contributed by atoms with E-state index in [-0.39, 0.29) is 29.5 Å². The molecule has 0 saturated carbocycles. The zero-order chi connectivity index (χ0) is 21.8. The maximum Gasteiger partial charge on any atom is 0.404 e. The van der Waals surface area contributed by atoms with Crippen LogP contribution in [-0.2, 0) is 16.6 Å². The lowest BCUT2D eigenvalue weighted by Gasteiger charge is -2.25. The Labute approximate surface area is 171 Å². The van der Waals surface area contributed by atoms with Gasteiger partial charge in [-0.25, -0.2) is 8.42 Å². The second-order valence-corrected chi connectivity index (χ2v) is 8.20. The highest BCUT2D eigenvalue weighted by Crippen LogP contribution is 2.32. The number of halogens is 3. The molecule has 6 nitrogen and oxygen atoms in total. The van der Waals surface area contributed by atoms with Gasteiger partial charge in [-0.15, -0.1) is 0 Å². The van der Waals surface area contributed by atoms with Crippen LogP contribution in [0.4, 0.5) is 18.9 Å². The van der Waals surface area contributed by atoms with Gasteiger partial charge in [-0.1, -0.05) is 18.2 Å². The molecule has 158 valence electrons. The third-order valence-electron chi connectivity index (χ3n) is 3.95. The zero-order valence-electron chi connectivity index (χ0n) is 15.5. The number of anilines is 1. The van der Waals surface area contributed by atoms with Gasteiger partial charge in [0.05, 0.1) is 12.2 Å². The van der Waals surface area contributed by atoms with Gasteiger partial charge in [0.1, 0.15) is 5.75 Å².